The molecular formula is C23H24N4. The predicted octanol–water partition coefficient (Wildman–Crippen LogP) is 4.34. The first-order valence-corrected chi connectivity index (χ1v) is 9.28. The third-order valence-corrected chi connectivity index (χ3v) is 6.29. The molecule has 0 amide bonds. The highest BCUT2D eigenvalue weighted by atomic mass is 14.7. The van der Waals surface area contributed by atoms with E-state index in [1.165, 1.54) is 0 Å². The van der Waals surface area contributed by atoms with Gasteiger partial charge in [0.15, 0.2) is 0 Å². The summed E-state index contributed by atoms with van der Waals surface area (Å²) in [5.41, 5.74) is 7.35. The first-order valence-electron chi connectivity index (χ1n) is 9.28. The SMILES string of the molecule is CC(C)(C)[C@H]1CC=C2C(C#N)=C(N)[C@](C#N)(c3ccccc3)[C@@H](C#N)[C@@H]2C1. The average Bonchev–Trinajstić information content (AvgIpc) is 2.66. The molecular weight excluding hydrogens is 332 g/mol. The van der Waals surface area contributed by atoms with Crippen molar-refractivity contribution in [2.24, 2.45) is 28.9 Å². The van der Waals surface area contributed by atoms with Crippen LogP contribution in [-0.2, 0) is 5.41 Å². The van der Waals surface area contributed by atoms with Crippen LogP contribution in [0.25, 0.3) is 0 Å². The highest BCUT2D eigenvalue weighted by Crippen LogP contribution is 2.54. The van der Waals surface area contributed by atoms with Crippen molar-refractivity contribution in [2.75, 3.05) is 0 Å². The fourth-order valence-corrected chi connectivity index (χ4v) is 4.62. The fourth-order valence-electron chi connectivity index (χ4n) is 4.62. The van der Waals surface area contributed by atoms with E-state index in [1.54, 1.807) is 0 Å². The van der Waals surface area contributed by atoms with E-state index in [0.29, 0.717) is 17.1 Å². The normalized spacial score (nSPS) is 30.4. The monoisotopic (exact) mass is 356 g/mol. The maximum atomic E-state index is 10.3. The van der Waals surface area contributed by atoms with E-state index < -0.39 is 11.3 Å². The molecule has 2 aliphatic carbocycles. The molecule has 0 saturated carbocycles. The van der Waals surface area contributed by atoms with Gasteiger partial charge in [-0.3, -0.25) is 0 Å². The molecule has 2 N–H and O–H groups in total. The highest BCUT2D eigenvalue weighted by Gasteiger charge is 2.55. The smallest absolute Gasteiger partial charge is 0.139 e. The lowest BCUT2D eigenvalue weighted by Gasteiger charge is -2.46. The number of hydrogen-bond donors (Lipinski definition) is 1. The predicted molar refractivity (Wildman–Crippen MR) is 103 cm³/mol. The Labute approximate surface area is 161 Å². The maximum absolute atomic E-state index is 10.3. The van der Waals surface area contributed by atoms with Crippen LogP contribution in [0, 0.1) is 57.2 Å². The molecule has 1 aromatic carbocycles. The second-order valence-electron chi connectivity index (χ2n) is 8.59. The van der Waals surface area contributed by atoms with Crippen molar-refractivity contribution in [3.05, 3.63) is 58.8 Å². The first kappa shape index (κ1) is 18.8. The lowest BCUT2D eigenvalue weighted by molar-refractivity contribution is 0.167. The molecule has 136 valence electrons. The first-order chi connectivity index (χ1) is 12.8. The van der Waals surface area contributed by atoms with Crippen molar-refractivity contribution in [1.82, 2.24) is 0 Å². The maximum Gasteiger partial charge on any atom is 0.139 e. The van der Waals surface area contributed by atoms with Gasteiger partial charge in [-0.05, 0) is 35.3 Å². The highest BCUT2D eigenvalue weighted by molar-refractivity contribution is 5.60. The van der Waals surface area contributed by atoms with E-state index >= 15 is 0 Å². The van der Waals surface area contributed by atoms with E-state index in [-0.39, 0.29) is 17.0 Å². The molecule has 2 aliphatic rings. The second-order valence-corrected chi connectivity index (χ2v) is 8.59. The summed E-state index contributed by atoms with van der Waals surface area (Å²) in [7, 11) is 0. The van der Waals surface area contributed by atoms with Crippen LogP contribution in [0.1, 0.15) is 39.2 Å². The molecule has 4 nitrogen and oxygen atoms in total. The summed E-state index contributed by atoms with van der Waals surface area (Å²) in [6, 6.07) is 16.2. The van der Waals surface area contributed by atoms with Crippen LogP contribution < -0.4 is 5.73 Å². The molecule has 0 unspecified atom stereocenters. The van der Waals surface area contributed by atoms with Gasteiger partial charge in [-0.2, -0.15) is 15.8 Å². The van der Waals surface area contributed by atoms with Gasteiger partial charge in [0.05, 0.1) is 29.3 Å². The second kappa shape index (κ2) is 6.61. The molecule has 0 aliphatic heterocycles. The van der Waals surface area contributed by atoms with Crippen molar-refractivity contribution in [2.45, 2.75) is 39.0 Å². The Bertz CT molecular complexity index is 928. The van der Waals surface area contributed by atoms with Crippen molar-refractivity contribution < 1.29 is 0 Å². The Morgan fingerprint density at radius 3 is 2.30 bits per heavy atom. The van der Waals surface area contributed by atoms with Gasteiger partial charge < -0.3 is 5.73 Å². The lowest BCUT2D eigenvalue weighted by atomic mass is 9.54. The number of nitrogens with two attached hydrogens (primary N) is 1. The van der Waals surface area contributed by atoms with Gasteiger partial charge in [-0.25, -0.2) is 0 Å². The van der Waals surface area contributed by atoms with Crippen LogP contribution in [0.2, 0.25) is 0 Å². The summed E-state index contributed by atoms with van der Waals surface area (Å²) >= 11 is 0. The van der Waals surface area contributed by atoms with Gasteiger partial charge in [-0.1, -0.05) is 57.2 Å². The summed E-state index contributed by atoms with van der Waals surface area (Å²) in [6.07, 6.45) is 3.71. The van der Waals surface area contributed by atoms with Crippen LogP contribution >= 0.6 is 0 Å². The molecule has 3 rings (SSSR count). The number of nitriles is 3. The topological polar surface area (TPSA) is 97.4 Å². The molecule has 1 aromatic rings. The van der Waals surface area contributed by atoms with Gasteiger partial charge in [0, 0.05) is 5.92 Å². The summed E-state index contributed by atoms with van der Waals surface area (Å²) in [5, 5.41) is 30.2. The lowest BCUT2D eigenvalue weighted by Crippen LogP contribution is -2.48. The van der Waals surface area contributed by atoms with E-state index in [4.69, 9.17) is 5.73 Å². The molecule has 4 atom stereocenters. The van der Waals surface area contributed by atoms with Gasteiger partial charge in [-0.15, -0.1) is 0 Å². The van der Waals surface area contributed by atoms with Crippen molar-refractivity contribution >= 4 is 0 Å². The van der Waals surface area contributed by atoms with Crippen LogP contribution in [-0.4, -0.2) is 0 Å². The van der Waals surface area contributed by atoms with Crippen molar-refractivity contribution in [1.29, 1.82) is 15.8 Å². The van der Waals surface area contributed by atoms with Crippen molar-refractivity contribution in [3.63, 3.8) is 0 Å². The quantitative estimate of drug-likeness (QED) is 0.809. The summed E-state index contributed by atoms with van der Waals surface area (Å²) in [5.74, 6) is -0.415. The third-order valence-electron chi connectivity index (χ3n) is 6.29. The molecule has 0 aromatic heterocycles. The summed E-state index contributed by atoms with van der Waals surface area (Å²) in [6.45, 7) is 6.60. The number of benzene rings is 1. The Morgan fingerprint density at radius 2 is 1.78 bits per heavy atom. The Balaban J connectivity index is 2.28. The molecule has 27 heavy (non-hydrogen) atoms. The van der Waals surface area contributed by atoms with Crippen LogP contribution in [0.4, 0.5) is 0 Å². The molecule has 0 spiro atoms. The molecule has 4 heteroatoms. The molecule has 0 heterocycles. The molecule has 0 fully saturated rings. The Morgan fingerprint density at radius 1 is 1.11 bits per heavy atom. The minimum atomic E-state index is -1.30. The van der Waals surface area contributed by atoms with E-state index in [2.05, 4.69) is 45.1 Å². The Kier molecular flexibility index (Phi) is 4.59. The summed E-state index contributed by atoms with van der Waals surface area (Å²) < 4.78 is 0. The number of hydrogen-bond acceptors (Lipinski definition) is 4. The van der Waals surface area contributed by atoms with E-state index in [9.17, 15) is 15.8 Å². The molecule has 0 radical (unpaired) electrons. The van der Waals surface area contributed by atoms with Gasteiger partial charge >= 0.3 is 0 Å². The van der Waals surface area contributed by atoms with Gasteiger partial charge in [0.1, 0.15) is 11.5 Å². The zero-order chi connectivity index (χ0) is 19.8. The fraction of sp³-hybridized carbons (Fsp3) is 0.435. The van der Waals surface area contributed by atoms with Crippen LogP contribution in [0.3, 0.4) is 0 Å². The largest absolute Gasteiger partial charge is 0.399 e. The standard InChI is InChI=1S/C23H24N4/c1-22(2,3)16-9-10-17-18(11-16)20(13-25)23(14-26,21(27)19(17)12-24)15-7-5-4-6-8-15/h4-8,10,16,18,20H,9,11,27H2,1-3H3/t16-,18+,20-,23+/m0/s1. The Hall–Kier alpha value is -3.03. The van der Waals surface area contributed by atoms with E-state index in [0.717, 1.165) is 18.4 Å². The van der Waals surface area contributed by atoms with Gasteiger partial charge in [0.2, 0.25) is 0 Å². The molecule has 0 bridgehead atoms. The zero-order valence-corrected chi connectivity index (χ0v) is 16.0. The van der Waals surface area contributed by atoms with Crippen LogP contribution in [0.5, 0.6) is 0 Å². The average molecular weight is 356 g/mol. The van der Waals surface area contributed by atoms with Crippen molar-refractivity contribution in [3.8, 4) is 18.2 Å². The molecule has 0 saturated heterocycles. The van der Waals surface area contributed by atoms with Gasteiger partial charge in [0.25, 0.3) is 0 Å². The number of fused-ring (bicyclic) bond motifs is 1. The number of rotatable bonds is 1. The number of allylic oxidation sites excluding steroid dienone is 4. The third kappa shape index (κ3) is 2.72. The minimum Gasteiger partial charge on any atom is -0.399 e. The minimum absolute atomic E-state index is 0.0869. The number of nitrogens with zero attached hydrogens (tertiary/aromatic N) is 3. The van der Waals surface area contributed by atoms with E-state index in [1.807, 2.05) is 30.3 Å². The van der Waals surface area contributed by atoms with Crippen LogP contribution in [0.15, 0.2) is 53.3 Å². The summed E-state index contributed by atoms with van der Waals surface area (Å²) in [4.78, 5) is 0. The zero-order valence-electron chi connectivity index (χ0n) is 16.0.